The third-order valence-electron chi connectivity index (χ3n) is 6.57. The number of ether oxygens (including phenoxy) is 2. The van der Waals surface area contributed by atoms with Crippen molar-refractivity contribution in [3.63, 3.8) is 0 Å². The van der Waals surface area contributed by atoms with Gasteiger partial charge in [-0.25, -0.2) is 4.79 Å². The molecule has 1 aliphatic carbocycles. The fourth-order valence-electron chi connectivity index (χ4n) is 4.88. The highest BCUT2D eigenvalue weighted by Gasteiger charge is 2.43. The predicted octanol–water partition coefficient (Wildman–Crippen LogP) is 5.29. The maximum Gasteiger partial charge on any atom is 0.337 e. The minimum atomic E-state index is -0.631. The van der Waals surface area contributed by atoms with Gasteiger partial charge in [-0.15, -0.1) is 0 Å². The van der Waals surface area contributed by atoms with E-state index in [0.717, 1.165) is 22.8 Å². The molecule has 2 atom stereocenters. The monoisotopic (exact) mass is 473 g/mol. The number of benzene rings is 1. The molecule has 0 bridgehead atoms. The van der Waals surface area contributed by atoms with Crippen LogP contribution in [0.5, 0.6) is 5.75 Å². The number of hydrogen-bond acceptors (Lipinski definition) is 7. The van der Waals surface area contributed by atoms with Gasteiger partial charge in [-0.05, 0) is 62.2 Å². The number of rotatable bonds is 6. The number of carbonyl (C=O) groups excluding carboxylic acids is 2. The molecule has 7 heteroatoms. The van der Waals surface area contributed by atoms with Crippen LogP contribution in [0.4, 0.5) is 0 Å². The van der Waals surface area contributed by atoms with Gasteiger partial charge in [0.25, 0.3) is 0 Å². The van der Waals surface area contributed by atoms with Crippen LogP contribution in [0.15, 0.2) is 86.2 Å². The highest BCUT2D eigenvalue weighted by Crippen LogP contribution is 2.46. The van der Waals surface area contributed by atoms with Gasteiger partial charge in [0.1, 0.15) is 29.6 Å². The summed E-state index contributed by atoms with van der Waals surface area (Å²) in [5.74, 6) is 1.56. The largest absolute Gasteiger partial charge is 0.497 e. The number of carbonyl (C=O) groups is 2. The Hall–Kier alpha value is -4.00. The molecule has 0 spiro atoms. The summed E-state index contributed by atoms with van der Waals surface area (Å²) in [4.78, 5) is 26.9. The molecular formula is C28H27NO6. The van der Waals surface area contributed by atoms with Crippen LogP contribution in [0.3, 0.4) is 0 Å². The van der Waals surface area contributed by atoms with Crippen molar-refractivity contribution in [1.82, 2.24) is 5.32 Å². The van der Waals surface area contributed by atoms with E-state index in [9.17, 15) is 9.59 Å². The van der Waals surface area contributed by atoms with Crippen molar-refractivity contribution in [2.75, 3.05) is 7.11 Å². The zero-order valence-electron chi connectivity index (χ0n) is 19.9. The number of esters is 1. The maximum absolute atomic E-state index is 13.5. The first-order chi connectivity index (χ1) is 16.9. The van der Waals surface area contributed by atoms with Crippen molar-refractivity contribution in [1.29, 1.82) is 0 Å². The third kappa shape index (κ3) is 4.41. The summed E-state index contributed by atoms with van der Waals surface area (Å²) >= 11 is 0. The lowest BCUT2D eigenvalue weighted by Crippen LogP contribution is -2.36. The first kappa shape index (κ1) is 22.8. The van der Waals surface area contributed by atoms with Crippen molar-refractivity contribution in [3.8, 4) is 5.75 Å². The Kier molecular flexibility index (Phi) is 6.07. The molecule has 0 fully saturated rings. The minimum Gasteiger partial charge on any atom is -0.497 e. The average Bonchev–Trinajstić information content (AvgIpc) is 3.54. The maximum atomic E-state index is 13.5. The van der Waals surface area contributed by atoms with Crippen LogP contribution in [0.1, 0.15) is 54.4 Å². The topological polar surface area (TPSA) is 90.9 Å². The molecule has 7 nitrogen and oxygen atoms in total. The normalized spacial score (nSPS) is 19.9. The van der Waals surface area contributed by atoms with E-state index in [1.807, 2.05) is 62.4 Å². The highest BCUT2D eigenvalue weighted by molar-refractivity contribution is 6.04. The number of furan rings is 2. The van der Waals surface area contributed by atoms with E-state index >= 15 is 0 Å². The molecule has 180 valence electrons. The number of dihydropyridines is 1. The number of aryl methyl sites for hydroxylation is 1. The summed E-state index contributed by atoms with van der Waals surface area (Å²) in [6.07, 6.45) is 2.53. The van der Waals surface area contributed by atoms with E-state index in [1.165, 1.54) is 0 Å². The second-order valence-corrected chi connectivity index (χ2v) is 8.91. The smallest absolute Gasteiger partial charge is 0.337 e. The first-order valence-corrected chi connectivity index (χ1v) is 11.6. The molecular weight excluding hydrogens is 446 g/mol. The second kappa shape index (κ2) is 9.33. The number of methoxy groups -OCH3 is 1. The van der Waals surface area contributed by atoms with Crippen LogP contribution in [0, 0.1) is 6.92 Å². The van der Waals surface area contributed by atoms with E-state index in [-0.39, 0.29) is 18.3 Å². The van der Waals surface area contributed by atoms with Gasteiger partial charge >= 0.3 is 5.97 Å². The average molecular weight is 474 g/mol. The molecule has 5 rings (SSSR count). The fourth-order valence-corrected chi connectivity index (χ4v) is 4.88. The van der Waals surface area contributed by atoms with Crippen molar-refractivity contribution < 1.29 is 27.9 Å². The SMILES string of the molecule is COc1ccc(COC(=O)C2=C(C)NC3=C(C(=O)C[C@@H](c4ccco4)C3)[C@H]2c2ccc(C)o2)cc1. The summed E-state index contributed by atoms with van der Waals surface area (Å²) in [5.41, 5.74) is 3.23. The van der Waals surface area contributed by atoms with Gasteiger partial charge in [0, 0.05) is 29.3 Å². The van der Waals surface area contributed by atoms with E-state index in [1.54, 1.807) is 13.4 Å². The Morgan fingerprint density at radius 2 is 1.86 bits per heavy atom. The number of ketones is 1. The van der Waals surface area contributed by atoms with E-state index in [0.29, 0.717) is 41.2 Å². The van der Waals surface area contributed by atoms with Crippen molar-refractivity contribution >= 4 is 11.8 Å². The van der Waals surface area contributed by atoms with E-state index < -0.39 is 11.9 Å². The summed E-state index contributed by atoms with van der Waals surface area (Å²) in [6, 6.07) is 14.7. The molecule has 0 unspecified atom stereocenters. The van der Waals surface area contributed by atoms with Crippen molar-refractivity contribution in [2.45, 2.75) is 45.1 Å². The molecule has 35 heavy (non-hydrogen) atoms. The van der Waals surface area contributed by atoms with Crippen molar-refractivity contribution in [3.05, 3.63) is 100 Å². The Bertz CT molecular complexity index is 1310. The lowest BCUT2D eigenvalue weighted by molar-refractivity contribution is -0.140. The van der Waals surface area contributed by atoms with Gasteiger partial charge in [0.05, 0.1) is 24.9 Å². The lowest BCUT2D eigenvalue weighted by atomic mass is 9.74. The molecule has 3 heterocycles. The molecule has 3 aromatic rings. The highest BCUT2D eigenvalue weighted by atomic mass is 16.5. The summed E-state index contributed by atoms with van der Waals surface area (Å²) in [5, 5.41) is 3.33. The zero-order valence-corrected chi connectivity index (χ0v) is 19.9. The number of hydrogen-bond donors (Lipinski definition) is 1. The Morgan fingerprint density at radius 3 is 2.51 bits per heavy atom. The lowest BCUT2D eigenvalue weighted by Gasteiger charge is -2.35. The molecule has 1 N–H and O–H groups in total. The molecule has 0 saturated heterocycles. The Morgan fingerprint density at radius 1 is 1.06 bits per heavy atom. The van der Waals surface area contributed by atoms with Gasteiger partial charge < -0.3 is 23.6 Å². The van der Waals surface area contributed by atoms with Crippen LogP contribution < -0.4 is 10.1 Å². The second-order valence-electron chi connectivity index (χ2n) is 8.91. The molecule has 1 aromatic carbocycles. The molecule has 2 aliphatic rings. The van der Waals surface area contributed by atoms with Gasteiger partial charge in [0.2, 0.25) is 0 Å². The third-order valence-corrected chi connectivity index (χ3v) is 6.57. The van der Waals surface area contributed by atoms with Crippen molar-refractivity contribution in [2.24, 2.45) is 0 Å². The van der Waals surface area contributed by atoms with Gasteiger partial charge in [-0.2, -0.15) is 0 Å². The molecule has 1 aliphatic heterocycles. The van der Waals surface area contributed by atoms with Crippen LogP contribution in [0.2, 0.25) is 0 Å². The molecule has 0 amide bonds. The Balaban J connectivity index is 1.46. The van der Waals surface area contributed by atoms with Crippen LogP contribution in [0.25, 0.3) is 0 Å². The minimum absolute atomic E-state index is 0.0350. The number of Topliss-reactive ketones (excluding diaryl/α,β-unsaturated/α-hetero) is 1. The number of nitrogens with one attached hydrogen (secondary N) is 1. The van der Waals surface area contributed by atoms with Crippen LogP contribution >= 0.6 is 0 Å². The quantitative estimate of drug-likeness (QED) is 0.486. The van der Waals surface area contributed by atoms with Crippen LogP contribution in [-0.4, -0.2) is 18.9 Å². The Labute approximate surface area is 203 Å². The molecule has 0 saturated carbocycles. The molecule has 2 aromatic heterocycles. The fraction of sp³-hybridized carbons (Fsp3) is 0.286. The summed E-state index contributed by atoms with van der Waals surface area (Å²) in [6.45, 7) is 3.77. The predicted molar refractivity (Wildman–Crippen MR) is 128 cm³/mol. The van der Waals surface area contributed by atoms with Gasteiger partial charge in [-0.3, -0.25) is 4.79 Å². The van der Waals surface area contributed by atoms with Gasteiger partial charge in [-0.1, -0.05) is 12.1 Å². The van der Waals surface area contributed by atoms with Gasteiger partial charge in [0.15, 0.2) is 5.78 Å². The standard InChI is InChI=1S/C28H27NO6/c1-16-6-11-24(35-16)27-25(28(31)34-15-18-7-9-20(32-3)10-8-18)17(2)29-21-13-19(14-22(30)26(21)27)23-5-4-12-33-23/h4-12,19,27,29H,13-15H2,1-3H3/t19-,27-/m0/s1. The summed E-state index contributed by atoms with van der Waals surface area (Å²) in [7, 11) is 1.60. The van der Waals surface area contributed by atoms with Crippen LogP contribution in [-0.2, 0) is 20.9 Å². The van der Waals surface area contributed by atoms with E-state index in [4.69, 9.17) is 18.3 Å². The molecule has 0 radical (unpaired) electrons. The summed E-state index contributed by atoms with van der Waals surface area (Å²) < 4.78 is 22.4. The number of allylic oxidation sites excluding steroid dienone is 3. The zero-order chi connectivity index (χ0) is 24.5. The first-order valence-electron chi connectivity index (χ1n) is 11.6. The van der Waals surface area contributed by atoms with E-state index in [2.05, 4.69) is 5.32 Å².